The third-order valence-corrected chi connectivity index (χ3v) is 5.48. The lowest BCUT2D eigenvalue weighted by Crippen LogP contribution is -2.37. The molecule has 0 spiro atoms. The van der Waals surface area contributed by atoms with E-state index in [0.29, 0.717) is 0 Å². The summed E-state index contributed by atoms with van der Waals surface area (Å²) in [5, 5.41) is 11.0. The molecule has 0 aliphatic carbocycles. The number of aliphatic imine (C=N–C) groups is 1. The fourth-order valence-electron chi connectivity index (χ4n) is 3.84. The lowest BCUT2D eigenvalue weighted by Gasteiger charge is -2.19. The average molecular weight is 530 g/mol. The fourth-order valence-corrected chi connectivity index (χ4v) is 3.84. The van der Waals surface area contributed by atoms with Crippen LogP contribution in [0.1, 0.15) is 23.1 Å². The van der Waals surface area contributed by atoms with Gasteiger partial charge in [-0.2, -0.15) is 5.10 Å². The minimum absolute atomic E-state index is 0. The Bertz CT molecular complexity index is 952. The Morgan fingerprint density at radius 3 is 2.61 bits per heavy atom. The Labute approximate surface area is 201 Å². The van der Waals surface area contributed by atoms with E-state index in [2.05, 4.69) is 74.2 Å². The first-order valence-corrected chi connectivity index (χ1v) is 10.6. The van der Waals surface area contributed by atoms with Crippen LogP contribution in [0.25, 0.3) is 0 Å². The molecule has 1 aliphatic heterocycles. The summed E-state index contributed by atoms with van der Waals surface area (Å²) >= 11 is 0. The Balaban J connectivity index is 0.00000272. The number of hydrogen-bond acceptors (Lipinski definition) is 3. The van der Waals surface area contributed by atoms with Crippen molar-refractivity contribution in [1.29, 1.82) is 0 Å². The van der Waals surface area contributed by atoms with Gasteiger partial charge in [-0.05, 0) is 41.7 Å². The van der Waals surface area contributed by atoms with E-state index >= 15 is 0 Å². The monoisotopic (exact) mass is 530 g/mol. The maximum Gasteiger partial charge on any atom is 0.191 e. The quantitative estimate of drug-likeness (QED) is 0.201. The molecule has 0 atom stereocenters. The standard InChI is InChI=1S/C24H30N6.HI/c1-25-24(26-13-4-15-30-16-5-14-28-30)27-18-20-8-10-21(11-9-20)19-29-17-12-22-6-2-3-7-23(22)29;/h2-3,5-11,14,16H,4,12-13,15,17-19H2,1H3,(H2,25,26,27);1H. The van der Waals surface area contributed by atoms with Crippen molar-refractivity contribution in [3.05, 3.63) is 83.7 Å². The molecule has 4 rings (SSSR count). The number of rotatable bonds is 8. The summed E-state index contributed by atoms with van der Waals surface area (Å²) < 4.78 is 1.94. The lowest BCUT2D eigenvalue weighted by molar-refractivity contribution is 0.570. The first-order chi connectivity index (χ1) is 14.8. The summed E-state index contributed by atoms with van der Waals surface area (Å²) in [4.78, 5) is 6.78. The lowest BCUT2D eigenvalue weighted by atomic mass is 10.1. The Kier molecular flexibility index (Phi) is 8.75. The van der Waals surface area contributed by atoms with Gasteiger partial charge in [-0.3, -0.25) is 9.67 Å². The number of guanidine groups is 1. The number of para-hydroxylation sites is 1. The third kappa shape index (κ3) is 6.46. The maximum atomic E-state index is 4.31. The van der Waals surface area contributed by atoms with Gasteiger partial charge in [0.2, 0.25) is 0 Å². The number of nitrogens with zero attached hydrogens (tertiary/aromatic N) is 4. The second kappa shape index (κ2) is 11.7. The summed E-state index contributed by atoms with van der Waals surface area (Å²) in [5.41, 5.74) is 5.43. The minimum Gasteiger partial charge on any atom is -0.367 e. The number of aryl methyl sites for hydroxylation is 1. The topological polar surface area (TPSA) is 57.5 Å². The molecule has 1 aliphatic rings. The van der Waals surface area contributed by atoms with Crippen LogP contribution in [0.4, 0.5) is 5.69 Å². The van der Waals surface area contributed by atoms with Crippen LogP contribution in [-0.2, 0) is 26.1 Å². The molecule has 1 aromatic heterocycles. The van der Waals surface area contributed by atoms with Crippen molar-refractivity contribution in [2.24, 2.45) is 4.99 Å². The molecule has 0 bridgehead atoms. The van der Waals surface area contributed by atoms with Gasteiger partial charge in [-0.1, -0.05) is 42.5 Å². The van der Waals surface area contributed by atoms with Crippen LogP contribution >= 0.6 is 24.0 Å². The molecule has 0 radical (unpaired) electrons. The summed E-state index contributed by atoms with van der Waals surface area (Å²) in [5.74, 6) is 0.827. The minimum atomic E-state index is 0. The predicted molar refractivity (Wildman–Crippen MR) is 138 cm³/mol. The number of nitrogens with one attached hydrogen (secondary N) is 2. The van der Waals surface area contributed by atoms with E-state index in [1.54, 1.807) is 7.05 Å². The highest BCUT2D eigenvalue weighted by atomic mass is 127. The van der Waals surface area contributed by atoms with Crippen LogP contribution in [0.5, 0.6) is 0 Å². The number of fused-ring (bicyclic) bond motifs is 1. The Hall–Kier alpha value is -2.55. The molecule has 0 saturated carbocycles. The molecule has 0 fully saturated rings. The summed E-state index contributed by atoms with van der Waals surface area (Å²) in [6.45, 7) is 4.58. The Morgan fingerprint density at radius 1 is 1.03 bits per heavy atom. The van der Waals surface area contributed by atoms with E-state index in [-0.39, 0.29) is 24.0 Å². The highest BCUT2D eigenvalue weighted by Gasteiger charge is 2.18. The van der Waals surface area contributed by atoms with E-state index in [9.17, 15) is 0 Å². The zero-order chi connectivity index (χ0) is 20.6. The molecule has 0 amide bonds. The molecular weight excluding hydrogens is 499 g/mol. The smallest absolute Gasteiger partial charge is 0.191 e. The van der Waals surface area contributed by atoms with Gasteiger partial charge >= 0.3 is 0 Å². The van der Waals surface area contributed by atoms with Gasteiger partial charge in [0.25, 0.3) is 0 Å². The highest BCUT2D eigenvalue weighted by Crippen LogP contribution is 2.28. The number of hydrogen-bond donors (Lipinski definition) is 2. The molecule has 7 heteroatoms. The van der Waals surface area contributed by atoms with E-state index in [1.807, 2.05) is 23.1 Å². The van der Waals surface area contributed by atoms with Crippen LogP contribution in [-0.4, -0.2) is 35.9 Å². The van der Waals surface area contributed by atoms with Gasteiger partial charge in [0.15, 0.2) is 5.96 Å². The first kappa shape index (κ1) is 23.1. The molecule has 2 heterocycles. The van der Waals surface area contributed by atoms with E-state index < -0.39 is 0 Å². The second-order valence-corrected chi connectivity index (χ2v) is 7.59. The number of aromatic nitrogens is 2. The summed E-state index contributed by atoms with van der Waals surface area (Å²) in [7, 11) is 1.81. The molecule has 31 heavy (non-hydrogen) atoms. The van der Waals surface area contributed by atoms with Crippen molar-refractivity contribution in [1.82, 2.24) is 20.4 Å². The van der Waals surface area contributed by atoms with Crippen molar-refractivity contribution in [3.8, 4) is 0 Å². The molecule has 6 nitrogen and oxygen atoms in total. The Morgan fingerprint density at radius 2 is 1.84 bits per heavy atom. The fraction of sp³-hybridized carbons (Fsp3) is 0.333. The van der Waals surface area contributed by atoms with Gasteiger partial charge in [-0.15, -0.1) is 24.0 Å². The predicted octanol–water partition coefficient (Wildman–Crippen LogP) is 3.82. The van der Waals surface area contributed by atoms with E-state index in [1.165, 1.54) is 22.4 Å². The summed E-state index contributed by atoms with van der Waals surface area (Å²) in [6, 6.07) is 19.6. The number of halogens is 1. The van der Waals surface area contributed by atoms with Crippen molar-refractivity contribution in [2.45, 2.75) is 32.5 Å². The number of benzene rings is 2. The largest absolute Gasteiger partial charge is 0.367 e. The SMILES string of the molecule is CN=C(NCCCn1cccn1)NCc1ccc(CN2CCc3ccccc32)cc1.I. The van der Waals surface area contributed by atoms with Gasteiger partial charge in [0, 0.05) is 57.9 Å². The highest BCUT2D eigenvalue weighted by molar-refractivity contribution is 14.0. The number of anilines is 1. The third-order valence-electron chi connectivity index (χ3n) is 5.48. The van der Waals surface area contributed by atoms with Gasteiger partial charge < -0.3 is 15.5 Å². The van der Waals surface area contributed by atoms with Crippen molar-refractivity contribution >= 4 is 35.6 Å². The molecule has 2 N–H and O–H groups in total. The molecular formula is C24H31IN6. The van der Waals surface area contributed by atoms with E-state index in [4.69, 9.17) is 0 Å². The maximum absolute atomic E-state index is 4.31. The van der Waals surface area contributed by atoms with Crippen molar-refractivity contribution in [2.75, 3.05) is 25.0 Å². The zero-order valence-corrected chi connectivity index (χ0v) is 20.3. The summed E-state index contributed by atoms with van der Waals surface area (Å²) in [6.07, 6.45) is 5.94. The average Bonchev–Trinajstić information content (AvgIpc) is 3.45. The molecule has 0 saturated heterocycles. The van der Waals surface area contributed by atoms with E-state index in [0.717, 1.165) is 51.5 Å². The van der Waals surface area contributed by atoms with Gasteiger partial charge in [-0.25, -0.2) is 0 Å². The second-order valence-electron chi connectivity index (χ2n) is 7.59. The normalized spacial score (nSPS) is 12.9. The van der Waals surface area contributed by atoms with Crippen LogP contribution in [0.2, 0.25) is 0 Å². The zero-order valence-electron chi connectivity index (χ0n) is 18.0. The van der Waals surface area contributed by atoms with Crippen LogP contribution < -0.4 is 15.5 Å². The van der Waals surface area contributed by atoms with Crippen molar-refractivity contribution in [3.63, 3.8) is 0 Å². The first-order valence-electron chi connectivity index (χ1n) is 10.6. The van der Waals surface area contributed by atoms with Crippen molar-refractivity contribution < 1.29 is 0 Å². The van der Waals surface area contributed by atoms with Crippen LogP contribution in [0, 0.1) is 0 Å². The molecule has 3 aromatic rings. The molecule has 164 valence electrons. The van der Waals surface area contributed by atoms with Gasteiger partial charge in [0.1, 0.15) is 0 Å². The van der Waals surface area contributed by atoms with Gasteiger partial charge in [0.05, 0.1) is 0 Å². The van der Waals surface area contributed by atoms with Crippen LogP contribution in [0.15, 0.2) is 72.0 Å². The molecule has 0 unspecified atom stereocenters. The molecule has 2 aromatic carbocycles. The van der Waals surface area contributed by atoms with Crippen LogP contribution in [0.3, 0.4) is 0 Å².